The second-order valence-corrected chi connectivity index (χ2v) is 22.1. The van der Waals surface area contributed by atoms with Crippen molar-refractivity contribution in [2.45, 2.75) is 373 Å². The van der Waals surface area contributed by atoms with E-state index in [0.29, 0.717) is 19.4 Å². The highest BCUT2D eigenvalue weighted by atomic mass is 16.5. The number of carbonyl (C=O) groups is 2. The van der Waals surface area contributed by atoms with Crippen LogP contribution in [0.3, 0.4) is 0 Å². The molecule has 0 radical (unpaired) electrons. The summed E-state index contributed by atoms with van der Waals surface area (Å²) in [6.45, 7) is 4.93. The van der Waals surface area contributed by atoms with E-state index in [-0.39, 0.29) is 18.5 Å². The number of carbonyl (C=O) groups excluding carboxylic acids is 2. The summed E-state index contributed by atoms with van der Waals surface area (Å²) in [7, 11) is 0. The lowest BCUT2D eigenvalue weighted by molar-refractivity contribution is -0.143. The summed E-state index contributed by atoms with van der Waals surface area (Å²) in [6.07, 6.45) is 72.5. The van der Waals surface area contributed by atoms with Crippen molar-refractivity contribution in [3.05, 3.63) is 12.2 Å². The van der Waals surface area contributed by atoms with Crippen molar-refractivity contribution in [3.8, 4) is 0 Å². The highest BCUT2D eigenvalue weighted by molar-refractivity contribution is 5.76. The Balaban J connectivity index is 3.41. The number of hydrogen-bond donors (Lipinski definition) is 3. The molecule has 6 nitrogen and oxygen atoms in total. The molecule has 0 aliphatic carbocycles. The molecule has 0 aliphatic heterocycles. The molecule has 416 valence electrons. The van der Waals surface area contributed by atoms with Gasteiger partial charge in [-0.25, -0.2) is 0 Å². The molecule has 0 saturated heterocycles. The summed E-state index contributed by atoms with van der Waals surface area (Å²) < 4.78 is 5.50. The number of rotatable bonds is 60. The molecule has 0 aromatic heterocycles. The lowest BCUT2D eigenvalue weighted by atomic mass is 10.0. The quantitative estimate of drug-likeness (QED) is 0.0321. The first-order valence-corrected chi connectivity index (χ1v) is 32.0. The van der Waals surface area contributed by atoms with Gasteiger partial charge in [0.05, 0.1) is 25.4 Å². The van der Waals surface area contributed by atoms with Crippen molar-refractivity contribution in [1.82, 2.24) is 5.32 Å². The summed E-state index contributed by atoms with van der Waals surface area (Å²) >= 11 is 0. The van der Waals surface area contributed by atoms with E-state index in [1.54, 1.807) is 6.08 Å². The molecule has 6 heteroatoms. The van der Waals surface area contributed by atoms with Crippen LogP contribution in [0.5, 0.6) is 0 Å². The van der Waals surface area contributed by atoms with Gasteiger partial charge in [-0.2, -0.15) is 0 Å². The SMILES string of the molecule is CCCCCCCCCCCCCCCCCC/C=C/C(O)C(CO)NC(=O)CCCCCCCCCCCCCCCCCCCOC(=O)CCCCCCCCCCCCCCCCCCCC. The van der Waals surface area contributed by atoms with Gasteiger partial charge in [-0.15, -0.1) is 0 Å². The summed E-state index contributed by atoms with van der Waals surface area (Å²) in [5.41, 5.74) is 0. The second-order valence-electron chi connectivity index (χ2n) is 22.1. The van der Waals surface area contributed by atoms with Gasteiger partial charge in [0.2, 0.25) is 5.91 Å². The van der Waals surface area contributed by atoms with Gasteiger partial charge in [0.25, 0.3) is 0 Å². The van der Waals surface area contributed by atoms with Gasteiger partial charge in [-0.3, -0.25) is 9.59 Å². The lowest BCUT2D eigenvalue weighted by Crippen LogP contribution is -2.45. The standard InChI is InChI=1S/C64H125NO5/c1-3-5-7-9-11-13-15-17-19-21-24-28-32-36-40-44-48-52-56-62(67)61(60-66)65-63(68)57-53-49-45-41-37-33-29-25-23-27-31-35-39-43-47-51-55-59-70-64(69)58-54-50-46-42-38-34-30-26-22-20-18-16-14-12-10-8-6-4-2/h52,56,61-62,66-67H,3-51,53-55,57-60H2,1-2H3,(H,65,68)/b56-52+. The van der Waals surface area contributed by atoms with Crippen LogP contribution in [-0.2, 0) is 14.3 Å². The van der Waals surface area contributed by atoms with Gasteiger partial charge in [0, 0.05) is 12.8 Å². The molecule has 1 amide bonds. The Bertz CT molecular complexity index is 1050. The first-order valence-electron chi connectivity index (χ1n) is 32.0. The van der Waals surface area contributed by atoms with E-state index in [2.05, 4.69) is 19.2 Å². The first kappa shape index (κ1) is 68.6. The van der Waals surface area contributed by atoms with E-state index in [1.807, 2.05) is 6.08 Å². The third-order valence-electron chi connectivity index (χ3n) is 15.1. The molecule has 3 N–H and O–H groups in total. The van der Waals surface area contributed by atoms with Gasteiger partial charge < -0.3 is 20.3 Å². The molecule has 2 unspecified atom stereocenters. The fourth-order valence-electron chi connectivity index (χ4n) is 10.2. The van der Waals surface area contributed by atoms with Crippen molar-refractivity contribution >= 4 is 11.9 Å². The van der Waals surface area contributed by atoms with Crippen molar-refractivity contribution in [1.29, 1.82) is 0 Å². The summed E-state index contributed by atoms with van der Waals surface area (Å²) in [6, 6.07) is -0.631. The van der Waals surface area contributed by atoms with E-state index in [9.17, 15) is 19.8 Å². The zero-order valence-corrected chi connectivity index (χ0v) is 47.5. The van der Waals surface area contributed by atoms with E-state index >= 15 is 0 Å². The molecule has 0 aromatic rings. The van der Waals surface area contributed by atoms with Crippen molar-refractivity contribution in [2.24, 2.45) is 0 Å². The predicted molar refractivity (Wildman–Crippen MR) is 306 cm³/mol. The predicted octanol–water partition coefficient (Wildman–Crippen LogP) is 20.0. The zero-order valence-electron chi connectivity index (χ0n) is 47.5. The molecule has 0 aliphatic rings. The number of aliphatic hydroxyl groups excluding tert-OH is 2. The number of amides is 1. The molecule has 0 bridgehead atoms. The van der Waals surface area contributed by atoms with Crippen LogP contribution in [0.25, 0.3) is 0 Å². The van der Waals surface area contributed by atoms with Gasteiger partial charge in [-0.1, -0.05) is 328 Å². The van der Waals surface area contributed by atoms with Crippen molar-refractivity contribution < 1.29 is 24.5 Å². The fraction of sp³-hybridized carbons (Fsp3) is 0.938. The molecule has 0 spiro atoms. The lowest BCUT2D eigenvalue weighted by Gasteiger charge is -2.20. The minimum absolute atomic E-state index is 0.00978. The van der Waals surface area contributed by atoms with E-state index in [4.69, 9.17) is 4.74 Å². The van der Waals surface area contributed by atoms with Gasteiger partial charge in [-0.05, 0) is 32.1 Å². The van der Waals surface area contributed by atoms with Gasteiger partial charge in [0.15, 0.2) is 0 Å². The number of ether oxygens (including phenoxy) is 1. The Morgan fingerprint density at radius 2 is 0.657 bits per heavy atom. The van der Waals surface area contributed by atoms with Crippen LogP contribution in [0.15, 0.2) is 12.2 Å². The van der Waals surface area contributed by atoms with E-state index in [1.165, 1.54) is 295 Å². The van der Waals surface area contributed by atoms with Crippen LogP contribution in [-0.4, -0.2) is 47.4 Å². The molecule has 0 aromatic carbocycles. The monoisotopic (exact) mass is 988 g/mol. The van der Waals surface area contributed by atoms with Crippen LogP contribution < -0.4 is 5.32 Å². The average molecular weight is 989 g/mol. The maximum absolute atomic E-state index is 12.5. The van der Waals surface area contributed by atoms with Gasteiger partial charge >= 0.3 is 5.97 Å². The molecular formula is C64H125NO5. The topological polar surface area (TPSA) is 95.9 Å². The summed E-state index contributed by atoms with van der Waals surface area (Å²) in [5, 5.41) is 23.2. The van der Waals surface area contributed by atoms with Crippen molar-refractivity contribution in [3.63, 3.8) is 0 Å². The molecule has 2 atom stereocenters. The minimum Gasteiger partial charge on any atom is -0.466 e. The van der Waals surface area contributed by atoms with Crippen LogP contribution in [0.1, 0.15) is 361 Å². The average Bonchev–Trinajstić information content (AvgIpc) is 3.36. The highest BCUT2D eigenvalue weighted by Crippen LogP contribution is 2.18. The van der Waals surface area contributed by atoms with Crippen molar-refractivity contribution in [2.75, 3.05) is 13.2 Å². The number of aliphatic hydroxyl groups is 2. The third-order valence-corrected chi connectivity index (χ3v) is 15.1. The third kappa shape index (κ3) is 55.9. The number of nitrogens with one attached hydrogen (secondary N) is 1. The van der Waals surface area contributed by atoms with Crippen LogP contribution in [0, 0.1) is 0 Å². The number of esters is 1. The first-order chi connectivity index (χ1) is 34.5. The Morgan fingerprint density at radius 3 is 0.971 bits per heavy atom. The molecule has 0 rings (SSSR count). The molecule has 0 heterocycles. The Labute approximate surface area is 438 Å². The molecule has 0 saturated carbocycles. The Kier molecular flexibility index (Phi) is 59.0. The van der Waals surface area contributed by atoms with E-state index in [0.717, 1.165) is 38.5 Å². The number of allylic oxidation sites excluding steroid dienone is 1. The molecular weight excluding hydrogens is 863 g/mol. The van der Waals surface area contributed by atoms with Crippen LogP contribution >= 0.6 is 0 Å². The second kappa shape index (κ2) is 60.2. The number of hydrogen-bond acceptors (Lipinski definition) is 5. The van der Waals surface area contributed by atoms with Crippen LogP contribution in [0.4, 0.5) is 0 Å². The normalized spacial score (nSPS) is 12.6. The Morgan fingerprint density at radius 1 is 0.386 bits per heavy atom. The molecule has 0 fully saturated rings. The van der Waals surface area contributed by atoms with Crippen LogP contribution in [0.2, 0.25) is 0 Å². The highest BCUT2D eigenvalue weighted by Gasteiger charge is 2.18. The maximum atomic E-state index is 12.5. The fourth-order valence-corrected chi connectivity index (χ4v) is 10.2. The summed E-state index contributed by atoms with van der Waals surface area (Å²) in [4.78, 5) is 24.6. The summed E-state index contributed by atoms with van der Waals surface area (Å²) in [5.74, 6) is -0.0600. The smallest absolute Gasteiger partial charge is 0.305 e. The van der Waals surface area contributed by atoms with Gasteiger partial charge in [0.1, 0.15) is 0 Å². The Hall–Kier alpha value is -1.40. The van der Waals surface area contributed by atoms with E-state index < -0.39 is 12.1 Å². The molecule has 70 heavy (non-hydrogen) atoms. The minimum atomic E-state index is -0.848. The number of unbranched alkanes of at least 4 members (excludes halogenated alkanes) is 49. The maximum Gasteiger partial charge on any atom is 0.305 e. The zero-order chi connectivity index (χ0) is 50.7. The largest absolute Gasteiger partial charge is 0.466 e.